The predicted molar refractivity (Wildman–Crippen MR) is 124 cm³/mol. The lowest BCUT2D eigenvalue weighted by Gasteiger charge is -2.11. The molecule has 0 bridgehead atoms. The molecule has 4 heterocycles. The molecule has 1 saturated carbocycles. The topological polar surface area (TPSA) is 96.3 Å². The molecule has 164 valence electrons. The highest BCUT2D eigenvalue weighted by molar-refractivity contribution is 5.80. The number of pyridine rings is 1. The minimum Gasteiger partial charge on any atom is -0.310 e. The molecule has 5 aromatic rings. The van der Waals surface area contributed by atoms with Crippen molar-refractivity contribution in [3.63, 3.8) is 0 Å². The van der Waals surface area contributed by atoms with Crippen LogP contribution < -0.4 is 5.56 Å². The Morgan fingerprint density at radius 2 is 1.91 bits per heavy atom. The van der Waals surface area contributed by atoms with Crippen molar-refractivity contribution < 1.29 is 0 Å². The number of hydrogen-bond donors (Lipinski definition) is 0. The van der Waals surface area contributed by atoms with Crippen molar-refractivity contribution in [1.82, 2.24) is 38.9 Å². The van der Waals surface area contributed by atoms with Crippen molar-refractivity contribution in [3.05, 3.63) is 77.6 Å². The Morgan fingerprint density at radius 1 is 1.03 bits per heavy atom. The zero-order chi connectivity index (χ0) is 22.5. The largest absolute Gasteiger partial charge is 0.310 e. The highest BCUT2D eigenvalue weighted by Crippen LogP contribution is 2.39. The summed E-state index contributed by atoms with van der Waals surface area (Å²) in [6.45, 7) is 4.11. The molecule has 4 aromatic heterocycles. The average Bonchev–Trinajstić information content (AvgIpc) is 3.34. The van der Waals surface area contributed by atoms with Crippen LogP contribution in [0.1, 0.15) is 44.3 Å². The molecule has 1 aromatic carbocycles. The van der Waals surface area contributed by atoms with Gasteiger partial charge in [0.15, 0.2) is 5.82 Å². The van der Waals surface area contributed by atoms with Gasteiger partial charge in [0, 0.05) is 23.8 Å². The Morgan fingerprint density at radius 3 is 2.73 bits per heavy atom. The van der Waals surface area contributed by atoms with Gasteiger partial charge in [-0.15, -0.1) is 10.2 Å². The number of imidazole rings is 1. The maximum absolute atomic E-state index is 13.4. The van der Waals surface area contributed by atoms with E-state index in [0.29, 0.717) is 34.2 Å². The first kappa shape index (κ1) is 19.5. The van der Waals surface area contributed by atoms with Crippen LogP contribution in [0.25, 0.3) is 33.9 Å². The Labute approximate surface area is 189 Å². The lowest BCUT2D eigenvalue weighted by atomic mass is 10.2. The third kappa shape index (κ3) is 3.42. The van der Waals surface area contributed by atoms with Crippen molar-refractivity contribution in [1.29, 1.82) is 0 Å². The fourth-order valence-corrected chi connectivity index (χ4v) is 3.99. The number of benzene rings is 1. The zero-order valence-electron chi connectivity index (χ0n) is 18.3. The second-order valence-electron chi connectivity index (χ2n) is 8.64. The summed E-state index contributed by atoms with van der Waals surface area (Å²) < 4.78 is 5.37. The highest BCUT2D eigenvalue weighted by atomic mass is 16.1. The lowest BCUT2D eigenvalue weighted by Crippen LogP contribution is -2.20. The molecular formula is C24H22N8O. The summed E-state index contributed by atoms with van der Waals surface area (Å²) >= 11 is 0. The van der Waals surface area contributed by atoms with Crippen molar-refractivity contribution >= 4 is 10.9 Å². The van der Waals surface area contributed by atoms with Gasteiger partial charge in [-0.05, 0) is 57.0 Å². The molecule has 0 atom stereocenters. The SMILES string of the molecule is CC(C)n1cnnc1-c1cccc(-n2cnc3ccc(-n4cnc(C5CC5)c4)cc3c2=O)n1. The van der Waals surface area contributed by atoms with E-state index in [1.54, 1.807) is 18.7 Å². The molecule has 1 aliphatic carbocycles. The van der Waals surface area contributed by atoms with Crippen LogP contribution in [0.5, 0.6) is 0 Å². The maximum atomic E-state index is 13.4. The van der Waals surface area contributed by atoms with Gasteiger partial charge in [-0.2, -0.15) is 0 Å². The van der Waals surface area contributed by atoms with E-state index >= 15 is 0 Å². The first-order chi connectivity index (χ1) is 16.1. The molecule has 0 spiro atoms. The van der Waals surface area contributed by atoms with Gasteiger partial charge in [0.1, 0.15) is 24.2 Å². The highest BCUT2D eigenvalue weighted by Gasteiger charge is 2.25. The second kappa shape index (κ2) is 7.47. The van der Waals surface area contributed by atoms with Crippen LogP contribution in [-0.2, 0) is 0 Å². The summed E-state index contributed by atoms with van der Waals surface area (Å²) in [5, 5.41) is 8.76. The van der Waals surface area contributed by atoms with Gasteiger partial charge in [-0.25, -0.2) is 15.0 Å². The first-order valence-electron chi connectivity index (χ1n) is 11.0. The molecule has 9 heteroatoms. The Kier molecular flexibility index (Phi) is 4.42. The fourth-order valence-electron chi connectivity index (χ4n) is 3.99. The van der Waals surface area contributed by atoms with Gasteiger partial charge in [-0.1, -0.05) is 6.07 Å². The normalized spacial score (nSPS) is 13.8. The van der Waals surface area contributed by atoms with E-state index in [4.69, 9.17) is 4.98 Å². The number of fused-ring (bicyclic) bond motifs is 1. The standard InChI is InChI=1S/C24H22N8O/c1-15(2)31-14-27-29-23(31)20-4-3-5-22(28-20)32-13-26-19-9-8-17(10-18(19)24(32)33)30-11-21(25-12-30)16-6-7-16/h3-5,8-16H,6-7H2,1-2H3. The number of rotatable bonds is 5. The lowest BCUT2D eigenvalue weighted by molar-refractivity contribution is 0.603. The summed E-state index contributed by atoms with van der Waals surface area (Å²) in [7, 11) is 0. The molecular weight excluding hydrogens is 416 g/mol. The van der Waals surface area contributed by atoms with Gasteiger partial charge in [0.25, 0.3) is 5.56 Å². The molecule has 0 saturated heterocycles. The van der Waals surface area contributed by atoms with Crippen LogP contribution in [0.2, 0.25) is 0 Å². The van der Waals surface area contributed by atoms with E-state index in [-0.39, 0.29) is 11.6 Å². The van der Waals surface area contributed by atoms with Crippen LogP contribution >= 0.6 is 0 Å². The smallest absolute Gasteiger partial charge is 0.267 e. The number of nitrogens with zero attached hydrogens (tertiary/aromatic N) is 8. The predicted octanol–water partition coefficient (Wildman–Crippen LogP) is 3.68. The molecule has 1 aliphatic rings. The number of hydrogen-bond acceptors (Lipinski definition) is 6. The van der Waals surface area contributed by atoms with Crippen LogP contribution in [-0.4, -0.2) is 38.9 Å². The first-order valence-corrected chi connectivity index (χ1v) is 11.0. The third-order valence-corrected chi connectivity index (χ3v) is 5.98. The van der Waals surface area contributed by atoms with Crippen molar-refractivity contribution in [2.24, 2.45) is 0 Å². The van der Waals surface area contributed by atoms with Crippen molar-refractivity contribution in [2.45, 2.75) is 38.6 Å². The summed E-state index contributed by atoms with van der Waals surface area (Å²) in [6, 6.07) is 11.4. The quantitative estimate of drug-likeness (QED) is 0.415. The minimum absolute atomic E-state index is 0.181. The van der Waals surface area contributed by atoms with E-state index in [0.717, 1.165) is 11.4 Å². The van der Waals surface area contributed by atoms with Crippen LogP contribution in [0.4, 0.5) is 0 Å². The van der Waals surface area contributed by atoms with E-state index in [1.807, 2.05) is 45.7 Å². The molecule has 0 unspecified atom stereocenters. The van der Waals surface area contributed by atoms with Crippen molar-refractivity contribution in [2.75, 3.05) is 0 Å². The molecule has 0 N–H and O–H groups in total. The summed E-state index contributed by atoms with van der Waals surface area (Å²) in [5.74, 6) is 1.71. The van der Waals surface area contributed by atoms with E-state index in [9.17, 15) is 4.79 Å². The van der Waals surface area contributed by atoms with E-state index < -0.39 is 0 Å². The molecule has 0 aliphatic heterocycles. The average molecular weight is 438 g/mol. The molecule has 33 heavy (non-hydrogen) atoms. The molecule has 0 amide bonds. The second-order valence-corrected chi connectivity index (χ2v) is 8.64. The van der Waals surface area contributed by atoms with Crippen molar-refractivity contribution in [3.8, 4) is 23.0 Å². The van der Waals surface area contributed by atoms with Gasteiger partial charge < -0.3 is 9.13 Å². The van der Waals surface area contributed by atoms with Gasteiger partial charge in [0.05, 0.1) is 22.9 Å². The minimum atomic E-state index is -0.181. The fraction of sp³-hybridized carbons (Fsp3) is 0.250. The number of aromatic nitrogens is 8. The van der Waals surface area contributed by atoms with E-state index in [2.05, 4.69) is 34.0 Å². The monoisotopic (exact) mass is 438 g/mol. The molecule has 9 nitrogen and oxygen atoms in total. The summed E-state index contributed by atoms with van der Waals surface area (Å²) in [4.78, 5) is 27.1. The maximum Gasteiger partial charge on any atom is 0.267 e. The van der Waals surface area contributed by atoms with Gasteiger partial charge >= 0.3 is 0 Å². The van der Waals surface area contributed by atoms with Crippen LogP contribution in [0, 0.1) is 0 Å². The zero-order valence-corrected chi connectivity index (χ0v) is 18.3. The van der Waals surface area contributed by atoms with E-state index in [1.165, 1.54) is 23.7 Å². The van der Waals surface area contributed by atoms with Gasteiger partial charge in [-0.3, -0.25) is 9.36 Å². The van der Waals surface area contributed by atoms with Crippen LogP contribution in [0.15, 0.2) is 66.4 Å². The third-order valence-electron chi connectivity index (χ3n) is 5.98. The molecule has 0 radical (unpaired) electrons. The van der Waals surface area contributed by atoms with Gasteiger partial charge in [0.2, 0.25) is 0 Å². The Bertz CT molecular complexity index is 1540. The molecule has 6 rings (SSSR count). The summed E-state index contributed by atoms with van der Waals surface area (Å²) in [5.41, 5.74) is 3.09. The molecule has 1 fully saturated rings. The summed E-state index contributed by atoms with van der Waals surface area (Å²) in [6.07, 6.45) is 9.45. The Hall–Kier alpha value is -4.14. The van der Waals surface area contributed by atoms with Crippen LogP contribution in [0.3, 0.4) is 0 Å². The Balaban J connectivity index is 1.43.